The average Bonchev–Trinajstić information content (AvgIpc) is 3.18. The molecule has 1 aromatic heterocycles. The number of aromatic nitrogens is 3. The van der Waals surface area contributed by atoms with Crippen molar-refractivity contribution < 1.29 is 18.3 Å². The Morgan fingerprint density at radius 2 is 1.97 bits per heavy atom. The molecule has 0 saturated carbocycles. The van der Waals surface area contributed by atoms with Crippen LogP contribution < -0.4 is 14.8 Å². The Morgan fingerprint density at radius 3 is 2.66 bits per heavy atom. The molecule has 0 radical (unpaired) electrons. The molecular weight excluding hydrogens is 402 g/mol. The average molecular weight is 421 g/mol. The fraction of sp³-hybridized carbons (Fsp3) is 0.300. The van der Waals surface area contributed by atoms with Crippen LogP contribution in [-0.2, 0) is 0 Å². The summed E-state index contributed by atoms with van der Waals surface area (Å²) in [5.41, 5.74) is 1.91. The lowest BCUT2D eigenvalue weighted by Crippen LogP contribution is -2.28. The molecule has 6 nitrogen and oxygen atoms in total. The highest BCUT2D eigenvalue weighted by Crippen LogP contribution is 2.39. The summed E-state index contributed by atoms with van der Waals surface area (Å²) >= 11 is 6.36. The summed E-state index contributed by atoms with van der Waals surface area (Å²) in [5.74, 6) is 1.39. The molecule has 2 aromatic carbocycles. The van der Waals surface area contributed by atoms with Gasteiger partial charge in [-0.3, -0.25) is 0 Å². The van der Waals surface area contributed by atoms with Gasteiger partial charge >= 0.3 is 6.61 Å². The molecule has 2 heterocycles. The van der Waals surface area contributed by atoms with Crippen LogP contribution in [-0.4, -0.2) is 28.0 Å². The number of ether oxygens (including phenoxy) is 2. The predicted molar refractivity (Wildman–Crippen MR) is 105 cm³/mol. The second kappa shape index (κ2) is 8.24. The lowest BCUT2D eigenvalue weighted by molar-refractivity contribution is -0.0498. The van der Waals surface area contributed by atoms with Gasteiger partial charge in [0, 0.05) is 0 Å². The van der Waals surface area contributed by atoms with Crippen LogP contribution in [0.25, 0.3) is 0 Å². The van der Waals surface area contributed by atoms with E-state index in [1.54, 1.807) is 16.8 Å². The maximum absolute atomic E-state index is 12.4. The molecule has 152 valence electrons. The van der Waals surface area contributed by atoms with E-state index in [0.29, 0.717) is 29.7 Å². The van der Waals surface area contributed by atoms with Crippen LogP contribution in [0.4, 0.5) is 14.7 Å². The van der Waals surface area contributed by atoms with E-state index >= 15 is 0 Å². The summed E-state index contributed by atoms with van der Waals surface area (Å²) in [6.07, 6.45) is 2.16. The molecule has 9 heteroatoms. The van der Waals surface area contributed by atoms with Crippen molar-refractivity contribution in [2.45, 2.75) is 32.0 Å². The summed E-state index contributed by atoms with van der Waals surface area (Å²) < 4.78 is 36.5. The number of halogens is 3. The fourth-order valence-corrected chi connectivity index (χ4v) is 3.74. The lowest BCUT2D eigenvalue weighted by Gasteiger charge is -2.32. The minimum Gasteiger partial charge on any atom is -0.492 e. The maximum Gasteiger partial charge on any atom is 0.387 e. The number of hydrogen-bond donors (Lipinski definition) is 1. The Labute approximate surface area is 171 Å². The second-order valence-corrected chi connectivity index (χ2v) is 6.95. The Bertz CT molecular complexity index is 981. The molecule has 2 atom stereocenters. The number of benzene rings is 2. The molecule has 0 aliphatic carbocycles. The first-order valence-electron chi connectivity index (χ1n) is 9.18. The lowest BCUT2D eigenvalue weighted by atomic mass is 9.93. The Morgan fingerprint density at radius 1 is 1.21 bits per heavy atom. The molecule has 0 unspecified atom stereocenters. The van der Waals surface area contributed by atoms with Gasteiger partial charge in [-0.1, -0.05) is 29.8 Å². The van der Waals surface area contributed by atoms with Crippen LogP contribution in [0.2, 0.25) is 5.02 Å². The minimum absolute atomic E-state index is 0.0538. The first-order valence-corrected chi connectivity index (χ1v) is 9.56. The number of nitrogens with one attached hydrogen (secondary N) is 1. The number of hydrogen-bond acceptors (Lipinski definition) is 5. The molecule has 4 rings (SSSR count). The number of nitrogens with zero attached hydrogens (tertiary/aromatic N) is 3. The fourth-order valence-electron chi connectivity index (χ4n) is 3.49. The molecule has 1 aliphatic rings. The number of rotatable bonds is 6. The zero-order chi connectivity index (χ0) is 20.4. The van der Waals surface area contributed by atoms with E-state index in [9.17, 15) is 8.78 Å². The molecule has 29 heavy (non-hydrogen) atoms. The summed E-state index contributed by atoms with van der Waals surface area (Å²) in [6, 6.07) is 12.1. The van der Waals surface area contributed by atoms with Gasteiger partial charge in [0.25, 0.3) is 0 Å². The number of fused-ring (bicyclic) bond motifs is 1. The molecular formula is C20H19ClF2N4O2. The maximum atomic E-state index is 12.4. The van der Waals surface area contributed by atoms with Gasteiger partial charge in [0.05, 0.1) is 23.7 Å². The van der Waals surface area contributed by atoms with Gasteiger partial charge in [0.1, 0.15) is 17.8 Å². The molecule has 0 amide bonds. The van der Waals surface area contributed by atoms with Gasteiger partial charge in [-0.15, -0.1) is 0 Å². The van der Waals surface area contributed by atoms with Crippen molar-refractivity contribution in [2.75, 3.05) is 11.9 Å². The van der Waals surface area contributed by atoms with Crippen molar-refractivity contribution in [3.8, 4) is 11.5 Å². The largest absolute Gasteiger partial charge is 0.492 e. The summed E-state index contributed by atoms with van der Waals surface area (Å²) in [6.45, 7) is -0.408. The van der Waals surface area contributed by atoms with Gasteiger partial charge in [-0.2, -0.15) is 18.9 Å². The highest BCUT2D eigenvalue weighted by Gasteiger charge is 2.30. The minimum atomic E-state index is -2.85. The topological polar surface area (TPSA) is 61.2 Å². The van der Waals surface area contributed by atoms with E-state index in [4.69, 9.17) is 16.3 Å². The van der Waals surface area contributed by atoms with Gasteiger partial charge in [-0.25, -0.2) is 4.68 Å². The van der Waals surface area contributed by atoms with Crippen LogP contribution in [0.5, 0.6) is 11.5 Å². The monoisotopic (exact) mass is 420 g/mol. The van der Waals surface area contributed by atoms with E-state index in [1.807, 2.05) is 25.1 Å². The third kappa shape index (κ3) is 4.12. The van der Waals surface area contributed by atoms with Crippen LogP contribution in [0.3, 0.4) is 0 Å². The molecule has 0 bridgehead atoms. The summed E-state index contributed by atoms with van der Waals surface area (Å²) in [4.78, 5) is 4.29. The quantitative estimate of drug-likeness (QED) is 0.602. The van der Waals surface area contributed by atoms with Crippen molar-refractivity contribution in [3.63, 3.8) is 0 Å². The van der Waals surface area contributed by atoms with Gasteiger partial charge in [0.15, 0.2) is 0 Å². The SMILES string of the molecule is CCOc1ccc([C@@H]2C[C@H](c3ccc(OC(F)F)cc3)n3ncnc3N2)cc1Cl. The van der Waals surface area contributed by atoms with Gasteiger partial charge in [0.2, 0.25) is 5.95 Å². The first kappa shape index (κ1) is 19.4. The Kier molecular flexibility index (Phi) is 5.53. The standard InChI is InChI=1S/C20H19ClF2N4O2/c1-2-28-18-8-5-13(9-15(18)21)16-10-17(27-20(26-16)24-11-25-27)12-3-6-14(7-4-12)29-19(22)23/h3-9,11,16-17,19H,2,10H2,1H3,(H,24,25,26)/t16-,17+/m0/s1. The Hall–Kier alpha value is -2.87. The van der Waals surface area contributed by atoms with E-state index in [-0.39, 0.29) is 17.8 Å². The van der Waals surface area contributed by atoms with Crippen molar-refractivity contribution in [2.24, 2.45) is 0 Å². The van der Waals surface area contributed by atoms with Crippen LogP contribution >= 0.6 is 11.6 Å². The van der Waals surface area contributed by atoms with Crippen molar-refractivity contribution in [1.82, 2.24) is 14.8 Å². The third-order valence-corrected chi connectivity index (χ3v) is 5.07. The van der Waals surface area contributed by atoms with E-state index in [0.717, 1.165) is 11.1 Å². The summed E-state index contributed by atoms with van der Waals surface area (Å²) in [7, 11) is 0. The molecule has 1 aliphatic heterocycles. The van der Waals surface area contributed by atoms with Crippen LogP contribution in [0.15, 0.2) is 48.8 Å². The normalized spacial score (nSPS) is 18.2. The predicted octanol–water partition coefficient (Wildman–Crippen LogP) is 5.08. The first-order chi connectivity index (χ1) is 14.0. The van der Waals surface area contributed by atoms with Crippen LogP contribution in [0, 0.1) is 0 Å². The molecule has 0 saturated heterocycles. The molecule has 0 fully saturated rings. The van der Waals surface area contributed by atoms with Crippen molar-refractivity contribution in [1.29, 1.82) is 0 Å². The van der Waals surface area contributed by atoms with E-state index in [1.165, 1.54) is 18.5 Å². The highest BCUT2D eigenvalue weighted by atomic mass is 35.5. The smallest absolute Gasteiger partial charge is 0.387 e. The van der Waals surface area contributed by atoms with Gasteiger partial charge in [-0.05, 0) is 48.7 Å². The number of alkyl halides is 2. The van der Waals surface area contributed by atoms with Gasteiger partial charge < -0.3 is 14.8 Å². The number of anilines is 1. The third-order valence-electron chi connectivity index (χ3n) is 4.78. The Balaban J connectivity index is 1.61. The van der Waals surface area contributed by atoms with E-state index in [2.05, 4.69) is 20.1 Å². The van der Waals surface area contributed by atoms with Crippen molar-refractivity contribution in [3.05, 3.63) is 64.9 Å². The molecule has 0 spiro atoms. The van der Waals surface area contributed by atoms with Crippen LogP contribution in [0.1, 0.15) is 36.6 Å². The van der Waals surface area contributed by atoms with E-state index < -0.39 is 6.61 Å². The van der Waals surface area contributed by atoms with Crippen molar-refractivity contribution >= 4 is 17.5 Å². The highest BCUT2D eigenvalue weighted by molar-refractivity contribution is 6.32. The summed E-state index contributed by atoms with van der Waals surface area (Å²) in [5, 5.41) is 8.24. The second-order valence-electron chi connectivity index (χ2n) is 6.55. The zero-order valence-electron chi connectivity index (χ0n) is 15.6. The molecule has 3 aromatic rings. The molecule has 1 N–H and O–H groups in total. The zero-order valence-corrected chi connectivity index (χ0v) is 16.3.